The molecule has 0 saturated carbocycles. The number of fused-ring (bicyclic) bond motifs is 1. The van der Waals surface area contributed by atoms with Gasteiger partial charge in [-0.1, -0.05) is 0 Å². The van der Waals surface area contributed by atoms with Crippen LogP contribution in [0.3, 0.4) is 0 Å². The SMILES string of the molecule is O=C(Nc1cc2c(cc1Br)OCCO2)c1ccc(F)cc1. The van der Waals surface area contributed by atoms with Crippen molar-refractivity contribution in [2.75, 3.05) is 18.5 Å². The first kappa shape index (κ1) is 13.9. The third kappa shape index (κ3) is 3.00. The van der Waals surface area contributed by atoms with Gasteiger partial charge < -0.3 is 14.8 Å². The number of nitrogens with one attached hydrogen (secondary N) is 1. The van der Waals surface area contributed by atoms with Gasteiger partial charge in [0.2, 0.25) is 0 Å². The second-order valence-electron chi connectivity index (χ2n) is 4.44. The lowest BCUT2D eigenvalue weighted by Gasteiger charge is -2.20. The number of hydrogen-bond acceptors (Lipinski definition) is 3. The van der Waals surface area contributed by atoms with E-state index in [4.69, 9.17) is 9.47 Å². The maximum absolute atomic E-state index is 12.9. The first-order valence-electron chi connectivity index (χ1n) is 6.29. The molecule has 0 fully saturated rings. The van der Waals surface area contributed by atoms with Crippen LogP contribution in [0.2, 0.25) is 0 Å². The van der Waals surface area contributed by atoms with Crippen LogP contribution < -0.4 is 14.8 Å². The standard InChI is InChI=1S/C15H11BrFNO3/c16-11-7-13-14(21-6-5-20-13)8-12(11)18-15(19)9-1-3-10(17)4-2-9/h1-4,7-8H,5-6H2,(H,18,19). The minimum atomic E-state index is -0.382. The Morgan fingerprint density at radius 2 is 1.71 bits per heavy atom. The van der Waals surface area contributed by atoms with Crippen LogP contribution in [0.1, 0.15) is 10.4 Å². The Hall–Kier alpha value is -2.08. The first-order chi connectivity index (χ1) is 10.1. The second-order valence-corrected chi connectivity index (χ2v) is 5.29. The lowest BCUT2D eigenvalue weighted by Crippen LogP contribution is -2.17. The summed E-state index contributed by atoms with van der Waals surface area (Å²) in [6, 6.07) is 8.78. The zero-order valence-corrected chi connectivity index (χ0v) is 12.4. The monoisotopic (exact) mass is 351 g/mol. The molecule has 108 valence electrons. The molecule has 0 spiro atoms. The summed E-state index contributed by atoms with van der Waals surface area (Å²) in [6.45, 7) is 0.973. The van der Waals surface area contributed by atoms with Crippen molar-refractivity contribution in [2.45, 2.75) is 0 Å². The van der Waals surface area contributed by atoms with Crippen molar-refractivity contribution in [2.24, 2.45) is 0 Å². The maximum Gasteiger partial charge on any atom is 0.255 e. The van der Waals surface area contributed by atoms with E-state index in [0.717, 1.165) is 0 Å². The summed E-state index contributed by atoms with van der Waals surface area (Å²) in [6.07, 6.45) is 0. The highest BCUT2D eigenvalue weighted by Gasteiger charge is 2.16. The zero-order valence-electron chi connectivity index (χ0n) is 10.9. The molecule has 21 heavy (non-hydrogen) atoms. The van der Waals surface area contributed by atoms with Crippen molar-refractivity contribution in [3.8, 4) is 11.5 Å². The van der Waals surface area contributed by atoms with Gasteiger partial charge in [0.1, 0.15) is 19.0 Å². The number of carbonyl (C=O) groups excluding carboxylic acids is 1. The van der Waals surface area contributed by atoms with Crippen LogP contribution >= 0.6 is 15.9 Å². The third-order valence-corrected chi connectivity index (χ3v) is 3.64. The summed E-state index contributed by atoms with van der Waals surface area (Å²) in [5.74, 6) is 0.506. The molecule has 3 rings (SSSR count). The average Bonchev–Trinajstić information content (AvgIpc) is 2.48. The van der Waals surface area contributed by atoms with Gasteiger partial charge in [-0.3, -0.25) is 4.79 Å². The van der Waals surface area contributed by atoms with Gasteiger partial charge in [0.05, 0.1) is 5.69 Å². The summed E-state index contributed by atoms with van der Waals surface area (Å²) in [5, 5.41) is 2.75. The van der Waals surface area contributed by atoms with Gasteiger partial charge in [0.25, 0.3) is 5.91 Å². The molecule has 1 heterocycles. The van der Waals surface area contributed by atoms with Crippen molar-refractivity contribution in [3.05, 3.63) is 52.3 Å². The number of hydrogen-bond donors (Lipinski definition) is 1. The van der Waals surface area contributed by atoms with Crippen LogP contribution in [0, 0.1) is 5.82 Å². The zero-order chi connectivity index (χ0) is 14.8. The maximum atomic E-state index is 12.9. The summed E-state index contributed by atoms with van der Waals surface area (Å²) >= 11 is 3.38. The van der Waals surface area contributed by atoms with E-state index in [2.05, 4.69) is 21.2 Å². The minimum Gasteiger partial charge on any atom is -0.486 e. The van der Waals surface area contributed by atoms with Gasteiger partial charge in [-0.25, -0.2) is 4.39 Å². The Labute approximate surface area is 129 Å². The van der Waals surface area contributed by atoms with Gasteiger partial charge in [-0.15, -0.1) is 0 Å². The molecule has 2 aromatic carbocycles. The van der Waals surface area contributed by atoms with Crippen molar-refractivity contribution in [1.82, 2.24) is 0 Å². The number of benzene rings is 2. The molecule has 0 atom stereocenters. The summed E-state index contributed by atoms with van der Waals surface area (Å²) < 4.78 is 24.5. The van der Waals surface area contributed by atoms with Gasteiger partial charge in [0, 0.05) is 22.2 Å². The molecule has 1 amide bonds. The van der Waals surface area contributed by atoms with Crippen LogP contribution in [0.4, 0.5) is 10.1 Å². The fraction of sp³-hybridized carbons (Fsp3) is 0.133. The highest BCUT2D eigenvalue weighted by molar-refractivity contribution is 9.10. The number of ether oxygens (including phenoxy) is 2. The molecule has 1 aliphatic rings. The van der Waals surface area contributed by atoms with E-state index in [1.165, 1.54) is 24.3 Å². The van der Waals surface area contributed by atoms with E-state index in [0.29, 0.717) is 40.4 Å². The molecular formula is C15H11BrFNO3. The lowest BCUT2D eigenvalue weighted by atomic mass is 10.2. The molecule has 1 aliphatic heterocycles. The molecule has 6 heteroatoms. The fourth-order valence-corrected chi connectivity index (χ4v) is 2.38. The molecule has 0 aromatic heterocycles. The lowest BCUT2D eigenvalue weighted by molar-refractivity contribution is 0.102. The molecular weight excluding hydrogens is 341 g/mol. The number of carbonyl (C=O) groups is 1. The van der Waals surface area contributed by atoms with Crippen LogP contribution in [0.25, 0.3) is 0 Å². The van der Waals surface area contributed by atoms with E-state index < -0.39 is 0 Å². The van der Waals surface area contributed by atoms with Gasteiger partial charge >= 0.3 is 0 Å². The smallest absolute Gasteiger partial charge is 0.255 e. The number of anilines is 1. The van der Waals surface area contributed by atoms with E-state index in [9.17, 15) is 9.18 Å². The normalized spacial score (nSPS) is 12.9. The third-order valence-electron chi connectivity index (χ3n) is 2.99. The molecule has 4 nitrogen and oxygen atoms in total. The van der Waals surface area contributed by atoms with E-state index in [-0.39, 0.29) is 11.7 Å². The molecule has 0 saturated heterocycles. The van der Waals surface area contributed by atoms with E-state index >= 15 is 0 Å². The number of amides is 1. The minimum absolute atomic E-state index is 0.327. The molecule has 0 aliphatic carbocycles. The Morgan fingerprint density at radius 3 is 2.38 bits per heavy atom. The predicted octanol–water partition coefficient (Wildman–Crippen LogP) is 3.61. The van der Waals surface area contributed by atoms with Crippen LogP contribution in [-0.4, -0.2) is 19.1 Å². The first-order valence-corrected chi connectivity index (χ1v) is 7.09. The van der Waals surface area contributed by atoms with Crippen molar-refractivity contribution in [1.29, 1.82) is 0 Å². The van der Waals surface area contributed by atoms with E-state index in [1.54, 1.807) is 12.1 Å². The van der Waals surface area contributed by atoms with Gasteiger partial charge in [-0.05, 0) is 40.2 Å². The molecule has 1 N–H and O–H groups in total. The summed E-state index contributed by atoms with van der Waals surface area (Å²) in [4.78, 5) is 12.1. The fourth-order valence-electron chi connectivity index (χ4n) is 1.96. The average molecular weight is 352 g/mol. The molecule has 0 bridgehead atoms. The van der Waals surface area contributed by atoms with Crippen molar-refractivity contribution >= 4 is 27.5 Å². The van der Waals surface area contributed by atoms with Gasteiger partial charge in [-0.2, -0.15) is 0 Å². The Kier molecular flexibility index (Phi) is 3.79. The highest BCUT2D eigenvalue weighted by atomic mass is 79.9. The Balaban J connectivity index is 1.84. The molecule has 0 unspecified atom stereocenters. The topological polar surface area (TPSA) is 47.6 Å². The largest absolute Gasteiger partial charge is 0.486 e. The van der Waals surface area contributed by atoms with Crippen molar-refractivity contribution < 1.29 is 18.7 Å². The number of rotatable bonds is 2. The second kappa shape index (κ2) is 5.73. The quantitative estimate of drug-likeness (QED) is 0.898. The van der Waals surface area contributed by atoms with E-state index in [1.807, 2.05) is 0 Å². The van der Waals surface area contributed by atoms with Crippen LogP contribution in [-0.2, 0) is 0 Å². The van der Waals surface area contributed by atoms with Gasteiger partial charge in [0.15, 0.2) is 11.5 Å². The summed E-state index contributed by atoms with van der Waals surface area (Å²) in [5.41, 5.74) is 0.937. The molecule has 0 radical (unpaired) electrons. The van der Waals surface area contributed by atoms with Crippen LogP contribution in [0.5, 0.6) is 11.5 Å². The van der Waals surface area contributed by atoms with Crippen molar-refractivity contribution in [3.63, 3.8) is 0 Å². The Bertz CT molecular complexity index is 688. The van der Waals surface area contributed by atoms with Crippen LogP contribution in [0.15, 0.2) is 40.9 Å². The Morgan fingerprint density at radius 1 is 1.10 bits per heavy atom. The highest BCUT2D eigenvalue weighted by Crippen LogP contribution is 2.38. The molecule has 2 aromatic rings. The predicted molar refractivity (Wildman–Crippen MR) is 79.5 cm³/mol. The number of halogens is 2. The summed E-state index contributed by atoms with van der Waals surface area (Å²) in [7, 11) is 0.